The van der Waals surface area contributed by atoms with Gasteiger partial charge >= 0.3 is 11.9 Å². The molecule has 3 aromatic carbocycles. The number of esters is 2. The monoisotopic (exact) mass is 568 g/mol. The summed E-state index contributed by atoms with van der Waals surface area (Å²) in [4.78, 5) is 25.8. The molecule has 0 atom stereocenters. The number of hydrogen-bond acceptors (Lipinski definition) is 6. The summed E-state index contributed by atoms with van der Waals surface area (Å²) in [5.74, 6) is -0.829. The molecule has 42 heavy (non-hydrogen) atoms. The minimum Gasteiger partial charge on any atom is -0.462 e. The zero-order valence-electron chi connectivity index (χ0n) is 26.1. The average molecular weight is 569 g/mol. The van der Waals surface area contributed by atoms with Gasteiger partial charge in [0.1, 0.15) is 0 Å². The van der Waals surface area contributed by atoms with Gasteiger partial charge in [0.25, 0.3) is 0 Å². The number of benzene rings is 3. The molecule has 222 valence electrons. The van der Waals surface area contributed by atoms with Crippen LogP contribution in [0, 0.1) is 0 Å². The van der Waals surface area contributed by atoms with Gasteiger partial charge in [-0.2, -0.15) is 0 Å². The molecule has 3 aromatic rings. The van der Waals surface area contributed by atoms with E-state index in [4.69, 9.17) is 9.47 Å². The van der Waals surface area contributed by atoms with E-state index >= 15 is 0 Å². The minimum absolute atomic E-state index is 0.000251. The van der Waals surface area contributed by atoms with E-state index in [0.717, 1.165) is 11.1 Å². The number of carbonyl (C=O) groups excluding carboxylic acids is 2. The van der Waals surface area contributed by atoms with E-state index in [2.05, 4.69) is 52.2 Å². The van der Waals surface area contributed by atoms with Crippen molar-refractivity contribution in [1.29, 1.82) is 0 Å². The van der Waals surface area contributed by atoms with Gasteiger partial charge in [-0.1, -0.05) is 102 Å². The van der Waals surface area contributed by atoms with Gasteiger partial charge in [-0.3, -0.25) is 0 Å². The van der Waals surface area contributed by atoms with Crippen LogP contribution in [0.15, 0.2) is 85.2 Å². The van der Waals surface area contributed by atoms with Crippen molar-refractivity contribution < 1.29 is 19.1 Å². The van der Waals surface area contributed by atoms with E-state index in [9.17, 15) is 9.59 Å². The Kier molecular flexibility index (Phi) is 10.8. The third kappa shape index (κ3) is 8.59. The summed E-state index contributed by atoms with van der Waals surface area (Å²) in [5, 5.41) is 6.53. The smallest absolute Gasteiger partial charge is 0.340 e. The van der Waals surface area contributed by atoms with Crippen molar-refractivity contribution in [2.75, 3.05) is 23.8 Å². The molecule has 0 amide bonds. The van der Waals surface area contributed by atoms with Crippen molar-refractivity contribution in [3.8, 4) is 0 Å². The Balaban J connectivity index is 1.94. The van der Waals surface area contributed by atoms with Crippen molar-refractivity contribution in [3.05, 3.63) is 107 Å². The zero-order chi connectivity index (χ0) is 30.9. The van der Waals surface area contributed by atoms with Gasteiger partial charge in [-0.05, 0) is 59.1 Å². The maximum Gasteiger partial charge on any atom is 0.340 e. The first-order valence-corrected chi connectivity index (χ1v) is 14.4. The Labute approximate surface area is 250 Å². The van der Waals surface area contributed by atoms with Crippen molar-refractivity contribution in [3.63, 3.8) is 0 Å². The minimum atomic E-state index is -0.415. The van der Waals surface area contributed by atoms with E-state index in [1.165, 1.54) is 11.1 Å². The number of hydrogen-bond donors (Lipinski definition) is 2. The standard InChI is InChI=1S/C36H44N2O4/c1-9-41-33(39)29(25-15-19-27(20-16-25)35(3,4)5)23-37-31-13-11-12-14-32(31)38-24-30(34(40)42-10-2)26-17-21-28(22-18-26)36(6,7)8/h11-24,37-38H,9-10H2,1-8H3/b29-23-,30-24-. The molecule has 0 spiro atoms. The summed E-state index contributed by atoms with van der Waals surface area (Å²) in [6.07, 6.45) is 3.32. The topological polar surface area (TPSA) is 76.7 Å². The maximum absolute atomic E-state index is 12.9. The molecule has 0 heterocycles. The van der Waals surface area contributed by atoms with Gasteiger partial charge in [-0.15, -0.1) is 0 Å². The average Bonchev–Trinajstić information content (AvgIpc) is 2.94. The summed E-state index contributed by atoms with van der Waals surface area (Å²) in [6, 6.07) is 23.5. The Hall–Kier alpha value is -4.32. The highest BCUT2D eigenvalue weighted by molar-refractivity contribution is 6.17. The SMILES string of the molecule is CCOC(=O)/C(=C\Nc1ccccc1N/C=C(\C(=O)OCC)c1ccc(C(C)(C)C)cc1)c1ccc(C(C)(C)C)cc1. The summed E-state index contributed by atoms with van der Waals surface area (Å²) < 4.78 is 10.7. The van der Waals surface area contributed by atoms with Gasteiger partial charge in [0.05, 0.1) is 35.7 Å². The van der Waals surface area contributed by atoms with Crippen LogP contribution >= 0.6 is 0 Å². The highest BCUT2D eigenvalue weighted by atomic mass is 16.5. The van der Waals surface area contributed by atoms with Crippen LogP contribution in [0.2, 0.25) is 0 Å². The van der Waals surface area contributed by atoms with Crippen molar-refractivity contribution >= 4 is 34.5 Å². The molecule has 0 unspecified atom stereocenters. The van der Waals surface area contributed by atoms with Crippen molar-refractivity contribution in [1.82, 2.24) is 0 Å². The second-order valence-electron chi connectivity index (χ2n) is 12.0. The van der Waals surface area contributed by atoms with Gasteiger partial charge in [0, 0.05) is 12.4 Å². The molecule has 0 saturated heterocycles. The van der Waals surface area contributed by atoms with Gasteiger partial charge in [0.2, 0.25) is 0 Å². The first-order chi connectivity index (χ1) is 19.8. The Morgan fingerprint density at radius 2 is 0.929 bits per heavy atom. The fourth-order valence-electron chi connectivity index (χ4n) is 4.27. The quantitative estimate of drug-likeness (QED) is 0.189. The van der Waals surface area contributed by atoms with Crippen LogP contribution in [0.1, 0.15) is 77.6 Å². The van der Waals surface area contributed by atoms with E-state index in [1.807, 2.05) is 72.8 Å². The molecule has 0 saturated carbocycles. The van der Waals surface area contributed by atoms with E-state index in [-0.39, 0.29) is 24.0 Å². The second-order valence-corrected chi connectivity index (χ2v) is 12.0. The second kappa shape index (κ2) is 14.0. The molecule has 2 N–H and O–H groups in total. The predicted octanol–water partition coefficient (Wildman–Crippen LogP) is 8.31. The molecule has 0 aliphatic carbocycles. The van der Waals surface area contributed by atoms with Crippen LogP contribution < -0.4 is 10.6 Å². The lowest BCUT2D eigenvalue weighted by Gasteiger charge is -2.19. The molecule has 0 aliphatic heterocycles. The number of para-hydroxylation sites is 2. The van der Waals surface area contributed by atoms with Crippen LogP contribution in [-0.4, -0.2) is 25.2 Å². The van der Waals surface area contributed by atoms with Crippen LogP contribution in [0.5, 0.6) is 0 Å². The Morgan fingerprint density at radius 1 is 0.595 bits per heavy atom. The molecule has 0 fully saturated rings. The lowest BCUT2D eigenvalue weighted by Crippen LogP contribution is -2.12. The number of anilines is 2. The van der Waals surface area contributed by atoms with Gasteiger partial charge in [-0.25, -0.2) is 9.59 Å². The molecule has 0 aliphatic rings. The molecule has 0 bridgehead atoms. The van der Waals surface area contributed by atoms with Gasteiger partial charge < -0.3 is 20.1 Å². The summed E-state index contributed by atoms with van der Waals surface area (Å²) in [5.41, 5.74) is 6.11. The molecule has 6 nitrogen and oxygen atoms in total. The highest BCUT2D eigenvalue weighted by Gasteiger charge is 2.19. The molecule has 0 radical (unpaired) electrons. The molecule has 0 aromatic heterocycles. The van der Waals surface area contributed by atoms with Crippen LogP contribution in [0.3, 0.4) is 0 Å². The number of ether oxygens (including phenoxy) is 2. The third-order valence-electron chi connectivity index (χ3n) is 6.79. The van der Waals surface area contributed by atoms with Crippen molar-refractivity contribution in [2.24, 2.45) is 0 Å². The summed E-state index contributed by atoms with van der Waals surface area (Å²) in [6.45, 7) is 17.0. The lowest BCUT2D eigenvalue weighted by molar-refractivity contribution is -0.137. The van der Waals surface area contributed by atoms with E-state index in [0.29, 0.717) is 22.5 Å². The summed E-state index contributed by atoms with van der Waals surface area (Å²) >= 11 is 0. The number of rotatable bonds is 10. The zero-order valence-corrected chi connectivity index (χ0v) is 26.1. The van der Waals surface area contributed by atoms with E-state index in [1.54, 1.807) is 26.2 Å². The fourth-order valence-corrected chi connectivity index (χ4v) is 4.27. The number of nitrogens with one attached hydrogen (secondary N) is 2. The highest BCUT2D eigenvalue weighted by Crippen LogP contribution is 2.28. The Bertz CT molecular complexity index is 1310. The molecular weight excluding hydrogens is 524 g/mol. The summed E-state index contributed by atoms with van der Waals surface area (Å²) in [7, 11) is 0. The largest absolute Gasteiger partial charge is 0.462 e. The van der Waals surface area contributed by atoms with Crippen LogP contribution in [0.4, 0.5) is 11.4 Å². The molecular formula is C36H44N2O4. The Morgan fingerprint density at radius 3 is 1.21 bits per heavy atom. The van der Waals surface area contributed by atoms with Gasteiger partial charge in [0.15, 0.2) is 0 Å². The normalized spacial score (nSPS) is 12.5. The fraction of sp³-hybridized carbons (Fsp3) is 0.333. The third-order valence-corrected chi connectivity index (χ3v) is 6.79. The van der Waals surface area contributed by atoms with Crippen LogP contribution in [-0.2, 0) is 29.9 Å². The lowest BCUT2D eigenvalue weighted by atomic mass is 9.86. The van der Waals surface area contributed by atoms with Crippen LogP contribution in [0.25, 0.3) is 11.1 Å². The molecule has 3 rings (SSSR count). The van der Waals surface area contributed by atoms with E-state index < -0.39 is 11.9 Å². The first kappa shape index (κ1) is 32.2. The number of carbonyl (C=O) groups is 2. The van der Waals surface area contributed by atoms with Crippen molar-refractivity contribution in [2.45, 2.75) is 66.2 Å². The predicted molar refractivity (Wildman–Crippen MR) is 173 cm³/mol. The maximum atomic E-state index is 12.9. The molecule has 6 heteroatoms. The first-order valence-electron chi connectivity index (χ1n) is 14.4.